The number of halogens is 3. The van der Waals surface area contributed by atoms with Gasteiger partial charge in [-0.15, -0.1) is 13.2 Å². The van der Waals surface area contributed by atoms with Crippen molar-refractivity contribution in [1.82, 2.24) is 4.90 Å². The Kier molecular flexibility index (Phi) is 5.24. The van der Waals surface area contributed by atoms with Gasteiger partial charge in [0.2, 0.25) is 5.91 Å². The molecule has 20 heavy (non-hydrogen) atoms. The van der Waals surface area contributed by atoms with Crippen LogP contribution in [0.15, 0.2) is 24.3 Å². The molecule has 0 atom stereocenters. The van der Waals surface area contributed by atoms with Crippen molar-refractivity contribution in [3.8, 4) is 5.75 Å². The van der Waals surface area contributed by atoms with Gasteiger partial charge in [0, 0.05) is 18.8 Å². The monoisotopic (exact) mass is 290 g/mol. The largest absolute Gasteiger partial charge is 0.573 e. The second-order valence-corrected chi connectivity index (χ2v) is 4.52. The van der Waals surface area contributed by atoms with Gasteiger partial charge in [-0.25, -0.2) is 0 Å². The van der Waals surface area contributed by atoms with Gasteiger partial charge in [-0.1, -0.05) is 0 Å². The molecule has 0 saturated carbocycles. The summed E-state index contributed by atoms with van der Waals surface area (Å²) in [7, 11) is 1.69. The predicted molar refractivity (Wildman–Crippen MR) is 69.5 cm³/mol. The van der Waals surface area contributed by atoms with Crippen molar-refractivity contribution in [2.75, 3.05) is 18.9 Å². The van der Waals surface area contributed by atoms with Crippen molar-refractivity contribution >= 4 is 11.6 Å². The van der Waals surface area contributed by atoms with Crippen molar-refractivity contribution in [3.05, 3.63) is 24.3 Å². The summed E-state index contributed by atoms with van der Waals surface area (Å²) in [5.41, 5.74) is 0.546. The molecular formula is C13H17F3N2O2. The van der Waals surface area contributed by atoms with E-state index in [0.717, 1.165) is 0 Å². The molecule has 0 saturated heterocycles. The minimum atomic E-state index is -4.70. The molecule has 0 spiro atoms. The zero-order chi connectivity index (χ0) is 15.3. The Hall–Kier alpha value is -1.92. The minimum Gasteiger partial charge on any atom is -0.406 e. The molecule has 4 nitrogen and oxygen atoms in total. The van der Waals surface area contributed by atoms with Gasteiger partial charge in [0.1, 0.15) is 5.75 Å². The van der Waals surface area contributed by atoms with Gasteiger partial charge in [-0.05, 0) is 38.1 Å². The van der Waals surface area contributed by atoms with Gasteiger partial charge in [-0.3, -0.25) is 4.79 Å². The number of amides is 1. The smallest absolute Gasteiger partial charge is 0.406 e. The lowest BCUT2D eigenvalue weighted by molar-refractivity contribution is -0.274. The van der Waals surface area contributed by atoms with E-state index in [1.807, 2.05) is 13.8 Å². The first-order valence-electron chi connectivity index (χ1n) is 6.04. The molecule has 0 aliphatic heterocycles. The predicted octanol–water partition coefficient (Wildman–Crippen LogP) is 2.86. The van der Waals surface area contributed by atoms with Gasteiger partial charge >= 0.3 is 6.36 Å². The molecule has 0 radical (unpaired) electrons. The van der Waals surface area contributed by atoms with Crippen molar-refractivity contribution in [2.45, 2.75) is 26.3 Å². The highest BCUT2D eigenvalue weighted by Gasteiger charge is 2.30. The first-order valence-corrected chi connectivity index (χ1v) is 6.04. The summed E-state index contributed by atoms with van der Waals surface area (Å²) in [5.74, 6) is -0.399. The highest BCUT2D eigenvalue weighted by Crippen LogP contribution is 2.23. The Morgan fingerprint density at radius 3 is 2.30 bits per heavy atom. The normalized spacial score (nSPS) is 11.3. The van der Waals surface area contributed by atoms with E-state index in [4.69, 9.17) is 0 Å². The van der Waals surface area contributed by atoms with Crippen molar-refractivity contribution < 1.29 is 22.7 Å². The number of alkyl halides is 3. The Balaban J connectivity index is 2.52. The van der Waals surface area contributed by atoms with Crippen LogP contribution in [-0.4, -0.2) is 36.8 Å². The van der Waals surface area contributed by atoms with Gasteiger partial charge in [0.25, 0.3) is 0 Å². The molecule has 0 aromatic heterocycles. The highest BCUT2D eigenvalue weighted by atomic mass is 19.4. The molecule has 1 aromatic carbocycles. The standard InChI is InChI=1S/C13H17F3N2O2/c1-9(2)18(3)12(19)8-17-10-4-6-11(7-5-10)20-13(14,15)16/h4-7,9,17H,8H2,1-3H3. The van der Waals surface area contributed by atoms with E-state index in [-0.39, 0.29) is 24.2 Å². The number of benzene rings is 1. The van der Waals surface area contributed by atoms with E-state index in [1.165, 1.54) is 24.3 Å². The van der Waals surface area contributed by atoms with E-state index in [0.29, 0.717) is 5.69 Å². The van der Waals surface area contributed by atoms with Crippen LogP contribution < -0.4 is 10.1 Å². The molecule has 1 N–H and O–H groups in total. The van der Waals surface area contributed by atoms with E-state index in [1.54, 1.807) is 11.9 Å². The summed E-state index contributed by atoms with van der Waals surface area (Å²) in [5, 5.41) is 2.84. The minimum absolute atomic E-state index is 0.0775. The Bertz CT molecular complexity index is 444. The molecule has 1 aromatic rings. The molecule has 0 aliphatic rings. The zero-order valence-corrected chi connectivity index (χ0v) is 11.5. The molecule has 1 rings (SSSR count). The molecule has 0 aliphatic carbocycles. The average molecular weight is 290 g/mol. The van der Waals surface area contributed by atoms with Crippen molar-refractivity contribution in [2.24, 2.45) is 0 Å². The number of nitrogens with zero attached hydrogens (tertiary/aromatic N) is 1. The molecule has 7 heteroatoms. The van der Waals surface area contributed by atoms with Gasteiger partial charge < -0.3 is 15.0 Å². The second kappa shape index (κ2) is 6.49. The molecule has 0 heterocycles. The number of ether oxygens (including phenoxy) is 1. The lowest BCUT2D eigenvalue weighted by Gasteiger charge is -2.21. The third-order valence-electron chi connectivity index (χ3n) is 2.70. The Labute approximate surface area is 115 Å². The second-order valence-electron chi connectivity index (χ2n) is 4.52. The quantitative estimate of drug-likeness (QED) is 0.906. The van der Waals surface area contributed by atoms with Gasteiger partial charge in [0.05, 0.1) is 6.54 Å². The number of rotatable bonds is 5. The number of anilines is 1. The summed E-state index contributed by atoms with van der Waals surface area (Å²) < 4.78 is 39.7. The van der Waals surface area contributed by atoms with Gasteiger partial charge in [-0.2, -0.15) is 0 Å². The van der Waals surface area contributed by atoms with E-state index < -0.39 is 6.36 Å². The fourth-order valence-electron chi connectivity index (χ4n) is 1.36. The molecule has 0 bridgehead atoms. The van der Waals surface area contributed by atoms with Crippen LogP contribution in [-0.2, 0) is 4.79 Å². The number of carbonyl (C=O) groups is 1. The fraction of sp³-hybridized carbons (Fsp3) is 0.462. The van der Waals surface area contributed by atoms with Crippen LogP contribution in [0.2, 0.25) is 0 Å². The highest BCUT2D eigenvalue weighted by molar-refractivity contribution is 5.80. The molecule has 112 valence electrons. The first kappa shape index (κ1) is 16.1. The number of hydrogen-bond donors (Lipinski definition) is 1. The number of hydrogen-bond acceptors (Lipinski definition) is 3. The topological polar surface area (TPSA) is 41.6 Å². The molecule has 1 amide bonds. The maximum Gasteiger partial charge on any atom is 0.573 e. The number of nitrogens with one attached hydrogen (secondary N) is 1. The third-order valence-corrected chi connectivity index (χ3v) is 2.70. The summed E-state index contributed by atoms with van der Waals surface area (Å²) >= 11 is 0. The molecular weight excluding hydrogens is 273 g/mol. The summed E-state index contributed by atoms with van der Waals surface area (Å²) in [6.07, 6.45) is -4.70. The third kappa shape index (κ3) is 5.38. The number of carbonyl (C=O) groups excluding carboxylic acids is 1. The molecule has 0 fully saturated rings. The zero-order valence-electron chi connectivity index (χ0n) is 11.5. The lowest BCUT2D eigenvalue weighted by atomic mass is 10.3. The lowest BCUT2D eigenvalue weighted by Crippen LogP contribution is -2.37. The number of likely N-dealkylation sites (N-methyl/N-ethyl adjacent to an activating group) is 1. The van der Waals surface area contributed by atoms with Crippen LogP contribution in [0.3, 0.4) is 0 Å². The first-order chi connectivity index (χ1) is 9.19. The summed E-state index contributed by atoms with van der Waals surface area (Å²) in [4.78, 5) is 13.3. The summed E-state index contributed by atoms with van der Waals surface area (Å²) in [6, 6.07) is 5.30. The SMILES string of the molecule is CC(C)N(C)C(=O)CNc1ccc(OC(F)(F)F)cc1. The van der Waals surface area contributed by atoms with Crippen LogP contribution in [0, 0.1) is 0 Å². The van der Waals surface area contributed by atoms with Crippen LogP contribution in [0.5, 0.6) is 5.75 Å². The van der Waals surface area contributed by atoms with Crippen LogP contribution >= 0.6 is 0 Å². The van der Waals surface area contributed by atoms with Crippen molar-refractivity contribution in [1.29, 1.82) is 0 Å². The van der Waals surface area contributed by atoms with Gasteiger partial charge in [0.15, 0.2) is 0 Å². The van der Waals surface area contributed by atoms with Crippen LogP contribution in [0.4, 0.5) is 18.9 Å². The Morgan fingerprint density at radius 1 is 1.30 bits per heavy atom. The van der Waals surface area contributed by atoms with E-state index in [9.17, 15) is 18.0 Å². The van der Waals surface area contributed by atoms with E-state index in [2.05, 4.69) is 10.1 Å². The van der Waals surface area contributed by atoms with Crippen LogP contribution in [0.25, 0.3) is 0 Å². The summed E-state index contributed by atoms with van der Waals surface area (Å²) in [6.45, 7) is 3.86. The molecule has 0 unspecified atom stereocenters. The fourth-order valence-corrected chi connectivity index (χ4v) is 1.36. The van der Waals surface area contributed by atoms with Crippen molar-refractivity contribution in [3.63, 3.8) is 0 Å². The maximum absolute atomic E-state index is 12.0. The van der Waals surface area contributed by atoms with Crippen LogP contribution in [0.1, 0.15) is 13.8 Å². The average Bonchev–Trinajstić information content (AvgIpc) is 2.34. The Morgan fingerprint density at radius 2 is 1.85 bits per heavy atom. The maximum atomic E-state index is 12.0. The van der Waals surface area contributed by atoms with E-state index >= 15 is 0 Å².